The molecule has 0 aliphatic heterocycles. The van der Waals surface area contributed by atoms with Gasteiger partial charge in [0.15, 0.2) is 0 Å². The summed E-state index contributed by atoms with van der Waals surface area (Å²) < 4.78 is 48.3. The second kappa shape index (κ2) is 4.44. The largest absolute Gasteiger partial charge is 0.392 e. The van der Waals surface area contributed by atoms with Gasteiger partial charge >= 0.3 is 12.3 Å². The van der Waals surface area contributed by atoms with Gasteiger partial charge in [0.2, 0.25) is 0 Å². The van der Waals surface area contributed by atoms with Crippen molar-refractivity contribution >= 4 is 0 Å². The van der Waals surface area contributed by atoms with Gasteiger partial charge in [0.25, 0.3) is 0 Å². The lowest BCUT2D eigenvalue weighted by Gasteiger charge is -2.21. The summed E-state index contributed by atoms with van der Waals surface area (Å²) in [5.41, 5.74) is 0. The number of rotatable bonds is 4. The number of hydrogen-bond donors (Lipinski definition) is 2. The van der Waals surface area contributed by atoms with E-state index in [1.807, 2.05) is 0 Å². The van der Waals surface area contributed by atoms with Crippen LogP contribution in [-0.2, 0) is 0 Å². The first-order valence-electron chi connectivity index (χ1n) is 4.51. The van der Waals surface area contributed by atoms with Crippen LogP contribution in [0, 0.1) is 0 Å². The molecule has 1 rings (SSSR count). The molecule has 2 nitrogen and oxygen atoms in total. The summed E-state index contributed by atoms with van der Waals surface area (Å²) >= 11 is 0. The molecule has 1 aliphatic carbocycles. The van der Waals surface area contributed by atoms with Gasteiger partial charge < -0.3 is 10.4 Å². The van der Waals surface area contributed by atoms with Crippen molar-refractivity contribution in [2.24, 2.45) is 0 Å². The van der Waals surface area contributed by atoms with Crippen LogP contribution >= 0.6 is 0 Å². The molecule has 0 spiro atoms. The van der Waals surface area contributed by atoms with E-state index in [1.54, 1.807) is 0 Å². The molecule has 1 aliphatic rings. The van der Waals surface area contributed by atoms with Crippen LogP contribution in [0.5, 0.6) is 0 Å². The fourth-order valence-corrected chi connectivity index (χ4v) is 1.52. The molecule has 6 heteroatoms. The predicted molar refractivity (Wildman–Crippen MR) is 42.6 cm³/mol. The van der Waals surface area contributed by atoms with Crippen molar-refractivity contribution in [3.63, 3.8) is 0 Å². The molecule has 0 amide bonds. The average molecular weight is 215 g/mol. The number of halogens is 4. The van der Waals surface area contributed by atoms with Crippen molar-refractivity contribution < 1.29 is 22.7 Å². The molecular formula is C8H13F4NO. The second-order valence-electron chi connectivity index (χ2n) is 3.55. The minimum absolute atomic E-state index is 0.473. The first kappa shape index (κ1) is 11.7. The summed E-state index contributed by atoms with van der Waals surface area (Å²) in [5, 5.41) is 11.5. The van der Waals surface area contributed by atoms with Gasteiger partial charge in [-0.2, -0.15) is 8.78 Å². The Morgan fingerprint density at radius 2 is 2.00 bits per heavy atom. The summed E-state index contributed by atoms with van der Waals surface area (Å²) in [6, 6.07) is -0.473. The normalized spacial score (nSPS) is 28.7. The standard InChI is InChI=1S/C8H13F4NO/c9-7(10)8(11,12)4-13-5-2-1-3-6(5)14/h5-7,13-14H,1-4H2/t5-,6-/m1/s1. The van der Waals surface area contributed by atoms with Crippen molar-refractivity contribution in [3.05, 3.63) is 0 Å². The zero-order valence-corrected chi connectivity index (χ0v) is 7.52. The molecule has 2 N–H and O–H groups in total. The summed E-state index contributed by atoms with van der Waals surface area (Å²) in [6.07, 6.45) is -2.52. The molecular weight excluding hydrogens is 202 g/mol. The summed E-state index contributed by atoms with van der Waals surface area (Å²) in [4.78, 5) is 0. The van der Waals surface area contributed by atoms with E-state index in [2.05, 4.69) is 5.32 Å². The van der Waals surface area contributed by atoms with Crippen LogP contribution in [0.15, 0.2) is 0 Å². The van der Waals surface area contributed by atoms with Gasteiger partial charge in [-0.05, 0) is 19.3 Å². The molecule has 1 saturated carbocycles. The quantitative estimate of drug-likeness (QED) is 0.694. The van der Waals surface area contributed by atoms with Gasteiger partial charge in [-0.15, -0.1) is 0 Å². The fourth-order valence-electron chi connectivity index (χ4n) is 1.52. The molecule has 14 heavy (non-hydrogen) atoms. The maximum absolute atomic E-state index is 12.4. The monoisotopic (exact) mass is 215 g/mol. The maximum Gasteiger partial charge on any atom is 0.319 e. The van der Waals surface area contributed by atoms with E-state index >= 15 is 0 Å². The number of nitrogens with one attached hydrogen (secondary N) is 1. The third-order valence-electron chi connectivity index (χ3n) is 2.40. The highest BCUT2D eigenvalue weighted by Gasteiger charge is 2.41. The summed E-state index contributed by atoms with van der Waals surface area (Å²) in [7, 11) is 0. The molecule has 0 aromatic carbocycles. The SMILES string of the molecule is O[C@@H]1CCC[C@H]1NCC(F)(F)C(F)F. The molecule has 0 radical (unpaired) electrons. The van der Waals surface area contributed by atoms with Crippen molar-refractivity contribution in [2.75, 3.05) is 6.54 Å². The van der Waals surface area contributed by atoms with E-state index in [1.165, 1.54) is 0 Å². The van der Waals surface area contributed by atoms with E-state index in [4.69, 9.17) is 0 Å². The first-order chi connectivity index (χ1) is 6.43. The van der Waals surface area contributed by atoms with E-state index in [-0.39, 0.29) is 0 Å². The van der Waals surface area contributed by atoms with Gasteiger partial charge in [-0.1, -0.05) is 0 Å². The summed E-state index contributed by atoms with van der Waals surface area (Å²) in [5.74, 6) is -4.01. The highest BCUT2D eigenvalue weighted by molar-refractivity contribution is 4.85. The maximum atomic E-state index is 12.4. The van der Waals surface area contributed by atoms with E-state index in [9.17, 15) is 22.7 Å². The Balaban J connectivity index is 2.32. The highest BCUT2D eigenvalue weighted by atomic mass is 19.3. The second-order valence-corrected chi connectivity index (χ2v) is 3.55. The lowest BCUT2D eigenvalue weighted by Crippen LogP contribution is -2.45. The highest BCUT2D eigenvalue weighted by Crippen LogP contribution is 2.24. The van der Waals surface area contributed by atoms with Crippen LogP contribution in [0.2, 0.25) is 0 Å². The van der Waals surface area contributed by atoms with Gasteiger partial charge in [0, 0.05) is 6.04 Å². The van der Waals surface area contributed by atoms with E-state index in [0.29, 0.717) is 12.8 Å². The molecule has 2 atom stereocenters. The predicted octanol–water partition coefficient (Wildman–Crippen LogP) is 1.39. The van der Waals surface area contributed by atoms with Crippen LogP contribution in [-0.4, -0.2) is 36.1 Å². The van der Waals surface area contributed by atoms with E-state index < -0.39 is 31.0 Å². The van der Waals surface area contributed by atoms with Gasteiger partial charge in [-0.25, -0.2) is 8.78 Å². The Labute approximate surface area is 79.3 Å². The van der Waals surface area contributed by atoms with Crippen LogP contribution in [0.4, 0.5) is 17.6 Å². The molecule has 0 bridgehead atoms. The third kappa shape index (κ3) is 2.81. The topological polar surface area (TPSA) is 32.3 Å². The number of aliphatic hydroxyl groups excluding tert-OH is 1. The van der Waals surface area contributed by atoms with Crippen LogP contribution < -0.4 is 5.32 Å². The molecule has 0 aromatic rings. The molecule has 0 aromatic heterocycles. The van der Waals surface area contributed by atoms with Crippen LogP contribution in [0.25, 0.3) is 0 Å². The lowest BCUT2D eigenvalue weighted by atomic mass is 10.2. The molecule has 0 heterocycles. The van der Waals surface area contributed by atoms with Crippen LogP contribution in [0.3, 0.4) is 0 Å². The number of aliphatic hydroxyl groups is 1. The van der Waals surface area contributed by atoms with Crippen molar-refractivity contribution in [1.82, 2.24) is 5.32 Å². The fraction of sp³-hybridized carbons (Fsp3) is 1.00. The Morgan fingerprint density at radius 1 is 1.36 bits per heavy atom. The van der Waals surface area contributed by atoms with Gasteiger partial charge in [-0.3, -0.25) is 0 Å². The molecule has 84 valence electrons. The zero-order chi connectivity index (χ0) is 10.8. The first-order valence-corrected chi connectivity index (χ1v) is 4.51. The Bertz CT molecular complexity index is 188. The Kier molecular flexibility index (Phi) is 3.71. The van der Waals surface area contributed by atoms with Crippen molar-refractivity contribution in [3.8, 4) is 0 Å². The average Bonchev–Trinajstić information content (AvgIpc) is 2.47. The smallest absolute Gasteiger partial charge is 0.319 e. The van der Waals surface area contributed by atoms with Gasteiger partial charge in [0.05, 0.1) is 12.6 Å². The van der Waals surface area contributed by atoms with Crippen LogP contribution in [0.1, 0.15) is 19.3 Å². The lowest BCUT2D eigenvalue weighted by molar-refractivity contribution is -0.127. The van der Waals surface area contributed by atoms with Crippen molar-refractivity contribution in [2.45, 2.75) is 43.8 Å². The number of hydrogen-bond acceptors (Lipinski definition) is 2. The number of alkyl halides is 4. The minimum atomic E-state index is -4.01. The summed E-state index contributed by atoms with van der Waals surface area (Å²) in [6.45, 7) is -1.08. The van der Waals surface area contributed by atoms with Gasteiger partial charge in [0.1, 0.15) is 0 Å². The third-order valence-corrected chi connectivity index (χ3v) is 2.40. The van der Waals surface area contributed by atoms with E-state index in [0.717, 1.165) is 6.42 Å². The molecule has 0 unspecified atom stereocenters. The molecule has 1 fully saturated rings. The minimum Gasteiger partial charge on any atom is -0.392 e. The molecule has 0 saturated heterocycles. The Morgan fingerprint density at radius 3 is 2.43 bits per heavy atom. The Hall–Kier alpha value is -0.360. The van der Waals surface area contributed by atoms with Crippen molar-refractivity contribution in [1.29, 1.82) is 0 Å². The zero-order valence-electron chi connectivity index (χ0n) is 7.52.